The predicted octanol–water partition coefficient (Wildman–Crippen LogP) is 0.502. The zero-order valence-corrected chi connectivity index (χ0v) is 11.9. The highest BCUT2D eigenvalue weighted by atomic mass is 16.4. The van der Waals surface area contributed by atoms with Crippen molar-refractivity contribution in [1.29, 1.82) is 0 Å². The van der Waals surface area contributed by atoms with Gasteiger partial charge in [0.1, 0.15) is 12.4 Å². The first-order valence-corrected chi connectivity index (χ1v) is 6.79. The highest BCUT2D eigenvalue weighted by Gasteiger charge is 2.15. The van der Waals surface area contributed by atoms with Gasteiger partial charge >= 0.3 is 12.0 Å². The lowest BCUT2D eigenvalue weighted by Gasteiger charge is -2.04. The Hall–Kier alpha value is -2.22. The van der Waals surface area contributed by atoms with Gasteiger partial charge in [0, 0.05) is 19.0 Å². The van der Waals surface area contributed by atoms with Crippen molar-refractivity contribution in [3.8, 4) is 0 Å². The molecule has 116 valence electrons. The quantitative estimate of drug-likeness (QED) is 0.629. The zero-order valence-electron chi connectivity index (χ0n) is 11.9. The Labute approximate surface area is 122 Å². The topological polar surface area (TPSA) is 127 Å². The largest absolute Gasteiger partial charge is 0.480 e. The van der Waals surface area contributed by atoms with E-state index in [2.05, 4.69) is 10.3 Å². The Bertz CT molecular complexity index is 512. The summed E-state index contributed by atoms with van der Waals surface area (Å²) in [6.45, 7) is 2.03. The molecule has 1 rings (SSSR count). The molecule has 1 heterocycles. The Morgan fingerprint density at radius 2 is 2.14 bits per heavy atom. The predicted molar refractivity (Wildman–Crippen MR) is 74.6 cm³/mol. The third kappa shape index (κ3) is 5.74. The molecule has 1 atom stereocenters. The van der Waals surface area contributed by atoms with Crippen LogP contribution in [0.1, 0.15) is 38.3 Å². The van der Waals surface area contributed by atoms with E-state index < -0.39 is 18.0 Å². The molecule has 8 nitrogen and oxygen atoms in total. The van der Waals surface area contributed by atoms with Crippen LogP contribution in [0, 0.1) is 0 Å². The Kier molecular flexibility index (Phi) is 6.54. The minimum absolute atomic E-state index is 0.0139. The molecule has 0 aliphatic rings. The van der Waals surface area contributed by atoms with Crippen LogP contribution in [0.2, 0.25) is 0 Å². The lowest BCUT2D eigenvalue weighted by molar-refractivity contribution is -0.138. The fourth-order valence-corrected chi connectivity index (χ4v) is 1.67. The summed E-state index contributed by atoms with van der Waals surface area (Å²) in [6, 6.07) is -1.69. The maximum Gasteiger partial charge on any atom is 0.333 e. The summed E-state index contributed by atoms with van der Waals surface area (Å²) >= 11 is 0. The van der Waals surface area contributed by atoms with Crippen LogP contribution < -0.4 is 11.1 Å². The molecular weight excluding hydrogens is 276 g/mol. The number of nitrogens with one attached hydrogen (secondary N) is 1. The smallest absolute Gasteiger partial charge is 0.333 e. The summed E-state index contributed by atoms with van der Waals surface area (Å²) in [7, 11) is 0. The molecule has 0 unspecified atom stereocenters. The Morgan fingerprint density at radius 3 is 2.76 bits per heavy atom. The second-order valence-corrected chi connectivity index (χ2v) is 4.73. The van der Waals surface area contributed by atoms with Crippen LogP contribution in [0.15, 0.2) is 12.5 Å². The average Bonchev–Trinajstić information content (AvgIpc) is 2.87. The number of carbonyl (C=O) groups excluding carboxylic acids is 2. The minimum atomic E-state index is -1.14. The van der Waals surface area contributed by atoms with E-state index in [1.807, 2.05) is 6.92 Å². The summed E-state index contributed by atoms with van der Waals surface area (Å²) in [4.78, 5) is 37.8. The number of carbonyl (C=O) groups is 3. The minimum Gasteiger partial charge on any atom is -0.480 e. The van der Waals surface area contributed by atoms with Crippen molar-refractivity contribution >= 4 is 17.9 Å². The van der Waals surface area contributed by atoms with Gasteiger partial charge in [-0.1, -0.05) is 19.8 Å². The lowest BCUT2D eigenvalue weighted by Crippen LogP contribution is -2.33. The maximum atomic E-state index is 11.8. The van der Waals surface area contributed by atoms with Gasteiger partial charge < -0.3 is 10.8 Å². The first-order chi connectivity index (χ1) is 9.93. The highest BCUT2D eigenvalue weighted by Crippen LogP contribution is 2.01. The van der Waals surface area contributed by atoms with E-state index >= 15 is 0 Å². The number of imide groups is 1. The van der Waals surface area contributed by atoms with Crippen LogP contribution in [0.4, 0.5) is 4.79 Å². The van der Waals surface area contributed by atoms with Crippen molar-refractivity contribution in [2.75, 3.05) is 0 Å². The number of rotatable bonds is 7. The van der Waals surface area contributed by atoms with Gasteiger partial charge in [-0.15, -0.1) is 0 Å². The standard InChI is InChI=1S/C13H20N4O4/c1-2-3-4-5-11(18)16-13(21)17-7-9(15-8-17)6-10(14)12(19)20/h7-8,10H,2-6,14H2,1H3,(H,19,20)(H,16,18,21)/t10-/m0/s1. The van der Waals surface area contributed by atoms with Crippen LogP contribution in [-0.4, -0.2) is 38.6 Å². The fourth-order valence-electron chi connectivity index (χ4n) is 1.67. The van der Waals surface area contributed by atoms with Crippen LogP contribution in [0.5, 0.6) is 0 Å². The number of nitrogens with two attached hydrogens (primary N) is 1. The highest BCUT2D eigenvalue weighted by molar-refractivity contribution is 5.95. The molecule has 0 radical (unpaired) electrons. The van der Waals surface area contributed by atoms with E-state index in [-0.39, 0.29) is 12.3 Å². The number of hydrogen-bond acceptors (Lipinski definition) is 5. The Morgan fingerprint density at radius 1 is 1.43 bits per heavy atom. The molecule has 0 bridgehead atoms. The van der Waals surface area contributed by atoms with Crippen LogP contribution in [0.25, 0.3) is 0 Å². The number of carboxylic acid groups (broad SMARTS) is 1. The van der Waals surface area contributed by atoms with Gasteiger partial charge in [-0.05, 0) is 6.42 Å². The molecule has 0 aliphatic heterocycles. The first kappa shape index (κ1) is 16.8. The molecule has 0 aliphatic carbocycles. The number of amides is 2. The number of aromatic nitrogens is 2. The van der Waals surface area contributed by atoms with E-state index in [4.69, 9.17) is 10.8 Å². The molecule has 8 heteroatoms. The molecule has 2 amide bonds. The molecule has 1 aromatic heterocycles. The summed E-state index contributed by atoms with van der Waals surface area (Å²) in [6.07, 6.45) is 5.55. The monoisotopic (exact) mass is 296 g/mol. The van der Waals surface area contributed by atoms with Gasteiger partial charge in [-0.25, -0.2) is 9.78 Å². The number of hydrogen-bond donors (Lipinski definition) is 3. The SMILES string of the molecule is CCCCCC(=O)NC(=O)n1cnc(C[C@H](N)C(=O)O)c1. The lowest BCUT2D eigenvalue weighted by atomic mass is 10.2. The van der Waals surface area contributed by atoms with Gasteiger partial charge in [0.05, 0.1) is 5.69 Å². The van der Waals surface area contributed by atoms with Gasteiger partial charge in [0.15, 0.2) is 0 Å². The molecule has 0 saturated heterocycles. The Balaban J connectivity index is 2.50. The van der Waals surface area contributed by atoms with Crippen LogP contribution in [-0.2, 0) is 16.0 Å². The fraction of sp³-hybridized carbons (Fsp3) is 0.538. The summed E-state index contributed by atoms with van der Waals surface area (Å²) in [5.41, 5.74) is 5.75. The number of aliphatic carboxylic acids is 1. The number of nitrogens with zero attached hydrogens (tertiary/aromatic N) is 2. The third-order valence-electron chi connectivity index (χ3n) is 2.87. The van der Waals surface area contributed by atoms with E-state index in [1.54, 1.807) is 0 Å². The summed E-state index contributed by atoms with van der Waals surface area (Å²) in [5, 5.41) is 10.9. The molecule has 0 spiro atoms. The van der Waals surface area contributed by atoms with E-state index in [0.717, 1.165) is 23.8 Å². The summed E-state index contributed by atoms with van der Waals surface area (Å²) in [5.74, 6) is -1.48. The number of imidazole rings is 1. The second-order valence-electron chi connectivity index (χ2n) is 4.73. The molecule has 0 fully saturated rings. The van der Waals surface area contributed by atoms with Crippen LogP contribution in [0.3, 0.4) is 0 Å². The molecule has 1 aromatic rings. The van der Waals surface area contributed by atoms with Crippen molar-refractivity contribution in [2.24, 2.45) is 5.73 Å². The second kappa shape index (κ2) is 8.15. The van der Waals surface area contributed by atoms with E-state index in [1.165, 1.54) is 12.5 Å². The van der Waals surface area contributed by atoms with Gasteiger partial charge in [0.25, 0.3) is 0 Å². The molecule has 0 saturated carbocycles. The first-order valence-electron chi connectivity index (χ1n) is 6.79. The third-order valence-corrected chi connectivity index (χ3v) is 2.87. The number of unbranched alkanes of at least 4 members (excludes halogenated alkanes) is 2. The van der Waals surface area contributed by atoms with Crippen molar-refractivity contribution in [3.63, 3.8) is 0 Å². The summed E-state index contributed by atoms with van der Waals surface area (Å²) < 4.78 is 1.10. The van der Waals surface area contributed by atoms with Crippen molar-refractivity contribution in [1.82, 2.24) is 14.9 Å². The van der Waals surface area contributed by atoms with Gasteiger partial charge in [-0.3, -0.25) is 19.5 Å². The van der Waals surface area contributed by atoms with E-state index in [9.17, 15) is 14.4 Å². The number of carboxylic acids is 1. The van der Waals surface area contributed by atoms with Crippen molar-refractivity contribution in [3.05, 3.63) is 18.2 Å². The molecule has 21 heavy (non-hydrogen) atoms. The van der Waals surface area contributed by atoms with Crippen molar-refractivity contribution < 1.29 is 19.5 Å². The molecule has 0 aromatic carbocycles. The van der Waals surface area contributed by atoms with E-state index in [0.29, 0.717) is 12.1 Å². The average molecular weight is 296 g/mol. The van der Waals surface area contributed by atoms with Gasteiger partial charge in [0.2, 0.25) is 5.91 Å². The zero-order chi connectivity index (χ0) is 15.8. The normalized spacial score (nSPS) is 11.9. The van der Waals surface area contributed by atoms with Gasteiger partial charge in [-0.2, -0.15) is 0 Å². The van der Waals surface area contributed by atoms with Crippen LogP contribution >= 0.6 is 0 Å². The maximum absolute atomic E-state index is 11.8. The van der Waals surface area contributed by atoms with Crippen molar-refractivity contribution in [2.45, 2.75) is 45.1 Å². The molecule has 4 N–H and O–H groups in total. The molecular formula is C13H20N4O4.